The summed E-state index contributed by atoms with van der Waals surface area (Å²) in [4.78, 5) is 0. The van der Waals surface area contributed by atoms with Crippen molar-refractivity contribution in [3.8, 4) is 0 Å². The minimum atomic E-state index is -0.0974. The van der Waals surface area contributed by atoms with Gasteiger partial charge in [-0.3, -0.25) is 0 Å². The normalized spacial score (nSPS) is 10.7. The third-order valence-corrected chi connectivity index (χ3v) is 2.98. The van der Waals surface area contributed by atoms with Gasteiger partial charge in [0.2, 0.25) is 0 Å². The molecule has 0 atom stereocenters. The number of nitrogens with two attached hydrogens (primary N) is 1. The summed E-state index contributed by atoms with van der Waals surface area (Å²) in [6.45, 7) is 1.85. The molecule has 0 aliphatic rings. The molecule has 90 valence electrons. The molecule has 3 heteroatoms. The van der Waals surface area contributed by atoms with Crippen LogP contribution in [0.25, 0.3) is 0 Å². The van der Waals surface area contributed by atoms with E-state index in [9.17, 15) is 4.39 Å². The molecule has 2 aromatic rings. The Labute approximate surface area is 101 Å². The van der Waals surface area contributed by atoms with Crippen LogP contribution in [0, 0.1) is 5.82 Å². The van der Waals surface area contributed by atoms with Crippen molar-refractivity contribution in [2.75, 3.05) is 6.54 Å². The highest BCUT2D eigenvalue weighted by Crippen LogP contribution is 2.05. The van der Waals surface area contributed by atoms with E-state index in [4.69, 9.17) is 0 Å². The first kappa shape index (κ1) is 11.9. The molecule has 2 N–H and O–H groups in total. The fourth-order valence-corrected chi connectivity index (χ4v) is 1.92. The number of rotatable bonds is 5. The summed E-state index contributed by atoms with van der Waals surface area (Å²) in [7, 11) is 2.04. The van der Waals surface area contributed by atoms with Gasteiger partial charge in [-0.25, -0.2) is 4.39 Å². The average molecular weight is 233 g/mol. The minimum absolute atomic E-state index is 0.0974. The van der Waals surface area contributed by atoms with Gasteiger partial charge in [-0.15, -0.1) is 0 Å². The summed E-state index contributed by atoms with van der Waals surface area (Å²) < 4.78 is 15.4. The first-order chi connectivity index (χ1) is 8.27. The Balaban J connectivity index is 1.77. The molecule has 0 aliphatic carbocycles. The van der Waals surface area contributed by atoms with E-state index >= 15 is 0 Å². The van der Waals surface area contributed by atoms with Crippen LogP contribution in [-0.4, -0.2) is 11.1 Å². The minimum Gasteiger partial charge on any atom is -0.350 e. The van der Waals surface area contributed by atoms with Crippen LogP contribution in [0.3, 0.4) is 0 Å². The van der Waals surface area contributed by atoms with Gasteiger partial charge in [-0.2, -0.15) is 0 Å². The van der Waals surface area contributed by atoms with Crippen LogP contribution in [0.5, 0.6) is 0 Å². The maximum atomic E-state index is 13.3. The predicted molar refractivity (Wildman–Crippen MR) is 66.0 cm³/mol. The van der Waals surface area contributed by atoms with Crippen molar-refractivity contribution >= 4 is 0 Å². The van der Waals surface area contributed by atoms with Crippen LogP contribution >= 0.6 is 0 Å². The molecule has 1 aromatic carbocycles. The lowest BCUT2D eigenvalue weighted by molar-refractivity contribution is -0.670. The van der Waals surface area contributed by atoms with Crippen LogP contribution in [-0.2, 0) is 20.0 Å². The molecule has 2 nitrogen and oxygen atoms in total. The molecule has 17 heavy (non-hydrogen) atoms. The number of halogens is 1. The summed E-state index contributed by atoms with van der Waals surface area (Å²) in [6.07, 6.45) is 2.82. The molecule has 1 aromatic heterocycles. The quantitative estimate of drug-likeness (QED) is 0.755. The van der Waals surface area contributed by atoms with Gasteiger partial charge < -0.3 is 9.88 Å². The third-order valence-electron chi connectivity index (χ3n) is 2.98. The van der Waals surface area contributed by atoms with Crippen molar-refractivity contribution in [1.29, 1.82) is 0 Å². The van der Waals surface area contributed by atoms with E-state index in [-0.39, 0.29) is 5.82 Å². The van der Waals surface area contributed by atoms with Crippen molar-refractivity contribution in [3.05, 3.63) is 59.7 Å². The number of benzene rings is 1. The largest absolute Gasteiger partial charge is 0.350 e. The number of hydrogen-bond acceptors (Lipinski definition) is 0. The van der Waals surface area contributed by atoms with E-state index in [1.54, 1.807) is 6.07 Å². The molecule has 0 unspecified atom stereocenters. The second-order valence-corrected chi connectivity index (χ2v) is 4.23. The fraction of sp³-hybridized carbons (Fsp3) is 0.286. The topological polar surface area (TPSA) is 21.5 Å². The monoisotopic (exact) mass is 233 g/mol. The molecular weight excluding hydrogens is 215 g/mol. The van der Waals surface area contributed by atoms with Crippen molar-refractivity contribution in [2.45, 2.75) is 13.0 Å². The first-order valence-corrected chi connectivity index (χ1v) is 5.92. The number of aromatic nitrogens is 1. The van der Waals surface area contributed by atoms with E-state index in [0.717, 1.165) is 25.1 Å². The van der Waals surface area contributed by atoms with E-state index in [2.05, 4.69) is 16.0 Å². The summed E-state index contributed by atoms with van der Waals surface area (Å²) in [5, 5.41) is 2.21. The third kappa shape index (κ3) is 3.17. The SMILES string of the molecule is Cn1cccc1C[NH2+]CCc1ccccc1F. The molecule has 0 bridgehead atoms. The van der Waals surface area contributed by atoms with E-state index in [1.165, 1.54) is 11.8 Å². The Morgan fingerprint density at radius 2 is 2.00 bits per heavy atom. The molecule has 0 spiro atoms. The summed E-state index contributed by atoms with van der Waals surface area (Å²) in [5.41, 5.74) is 2.09. The lowest BCUT2D eigenvalue weighted by Crippen LogP contribution is -2.83. The molecule has 0 aliphatic heterocycles. The fourth-order valence-electron chi connectivity index (χ4n) is 1.92. The van der Waals surface area contributed by atoms with Crippen molar-refractivity contribution < 1.29 is 9.71 Å². The Morgan fingerprint density at radius 3 is 2.71 bits per heavy atom. The molecule has 2 rings (SSSR count). The smallest absolute Gasteiger partial charge is 0.126 e. The lowest BCUT2D eigenvalue weighted by atomic mass is 10.1. The van der Waals surface area contributed by atoms with E-state index in [0.29, 0.717) is 0 Å². The van der Waals surface area contributed by atoms with Crippen molar-refractivity contribution in [3.63, 3.8) is 0 Å². The van der Waals surface area contributed by atoms with Crippen molar-refractivity contribution in [2.24, 2.45) is 7.05 Å². The van der Waals surface area contributed by atoms with Gasteiger partial charge >= 0.3 is 0 Å². The summed E-state index contributed by atoms with van der Waals surface area (Å²) >= 11 is 0. The molecule has 0 radical (unpaired) electrons. The maximum Gasteiger partial charge on any atom is 0.126 e. The van der Waals surface area contributed by atoms with Gasteiger partial charge in [-0.1, -0.05) is 18.2 Å². The molecule has 0 saturated heterocycles. The second kappa shape index (κ2) is 5.64. The average Bonchev–Trinajstić information content (AvgIpc) is 2.73. The predicted octanol–water partition coefficient (Wildman–Crippen LogP) is 1.47. The lowest BCUT2D eigenvalue weighted by Gasteiger charge is -2.04. The van der Waals surface area contributed by atoms with Crippen LogP contribution in [0.2, 0.25) is 0 Å². The van der Waals surface area contributed by atoms with Crippen LogP contribution < -0.4 is 5.32 Å². The second-order valence-electron chi connectivity index (χ2n) is 4.23. The van der Waals surface area contributed by atoms with Crippen LogP contribution in [0.15, 0.2) is 42.6 Å². The molecule has 1 heterocycles. The van der Waals surface area contributed by atoms with Gasteiger partial charge in [0.25, 0.3) is 0 Å². The highest BCUT2D eigenvalue weighted by molar-refractivity contribution is 5.17. The zero-order valence-electron chi connectivity index (χ0n) is 10.1. The van der Waals surface area contributed by atoms with E-state index in [1.807, 2.05) is 31.4 Å². The van der Waals surface area contributed by atoms with Gasteiger partial charge in [0.15, 0.2) is 0 Å². The molecule has 0 saturated carbocycles. The number of hydrogen-bond donors (Lipinski definition) is 1. The molecule has 0 amide bonds. The van der Waals surface area contributed by atoms with Crippen LogP contribution in [0.1, 0.15) is 11.3 Å². The summed E-state index contributed by atoms with van der Waals surface area (Å²) in [6, 6.07) is 11.1. The highest BCUT2D eigenvalue weighted by atomic mass is 19.1. The molecular formula is C14H18FN2+. The van der Waals surface area contributed by atoms with Gasteiger partial charge in [-0.05, 0) is 23.8 Å². The Bertz CT molecular complexity index is 477. The Morgan fingerprint density at radius 1 is 1.18 bits per heavy atom. The van der Waals surface area contributed by atoms with Gasteiger partial charge in [0, 0.05) is 19.7 Å². The summed E-state index contributed by atoms with van der Waals surface area (Å²) in [5.74, 6) is -0.0974. The molecule has 0 fully saturated rings. The highest BCUT2D eigenvalue weighted by Gasteiger charge is 2.02. The van der Waals surface area contributed by atoms with Crippen molar-refractivity contribution in [1.82, 2.24) is 4.57 Å². The number of aryl methyl sites for hydroxylation is 1. The first-order valence-electron chi connectivity index (χ1n) is 5.92. The Kier molecular flexibility index (Phi) is 3.94. The van der Waals surface area contributed by atoms with Gasteiger partial charge in [0.05, 0.1) is 12.2 Å². The number of quaternary nitrogens is 1. The Hall–Kier alpha value is -1.61. The standard InChI is InChI=1S/C14H17FN2/c1-17-10-4-6-13(17)11-16-9-8-12-5-2-3-7-14(12)15/h2-7,10,16H,8-9,11H2,1H3/p+1. The number of nitrogens with zero attached hydrogens (tertiary/aromatic N) is 1. The maximum absolute atomic E-state index is 13.3. The zero-order chi connectivity index (χ0) is 12.1. The van der Waals surface area contributed by atoms with Crippen LogP contribution in [0.4, 0.5) is 4.39 Å². The zero-order valence-corrected chi connectivity index (χ0v) is 10.1. The van der Waals surface area contributed by atoms with Gasteiger partial charge in [0.1, 0.15) is 12.4 Å². The van der Waals surface area contributed by atoms with E-state index < -0.39 is 0 Å².